The summed E-state index contributed by atoms with van der Waals surface area (Å²) in [4.78, 5) is 2.37. The van der Waals surface area contributed by atoms with Gasteiger partial charge in [-0.25, -0.2) is 0 Å². The molecule has 1 aliphatic rings. The third-order valence-corrected chi connectivity index (χ3v) is 3.36. The Kier molecular flexibility index (Phi) is 3.99. The maximum absolute atomic E-state index is 5.86. The largest absolute Gasteiger partial charge is 0.352 e. The summed E-state index contributed by atoms with van der Waals surface area (Å²) >= 11 is 5.86. The van der Waals surface area contributed by atoms with Crippen LogP contribution in [0.4, 0.5) is 5.82 Å². The van der Waals surface area contributed by atoms with Crippen LogP contribution >= 0.6 is 11.6 Å². The van der Waals surface area contributed by atoms with Gasteiger partial charge in [0, 0.05) is 18.5 Å². The molecule has 1 atom stereocenters. The lowest BCUT2D eigenvalue weighted by Gasteiger charge is -2.36. The molecular formula is C12H18ClN3. The van der Waals surface area contributed by atoms with Crippen molar-refractivity contribution < 1.29 is 0 Å². The van der Waals surface area contributed by atoms with Crippen LogP contribution in [0.5, 0.6) is 0 Å². The minimum atomic E-state index is 0.544. The first-order valence-corrected chi connectivity index (χ1v) is 6.46. The topological polar surface area (TPSA) is 29.0 Å². The standard InChI is InChI=1S/C12H18ClN3/c1-10-8-12(15-14-9-10)16-7-3-2-4-11(16)5-6-13/h8-9,11H,2-7H2,1H3. The van der Waals surface area contributed by atoms with Crippen LogP contribution in [0.25, 0.3) is 0 Å². The van der Waals surface area contributed by atoms with E-state index in [9.17, 15) is 0 Å². The van der Waals surface area contributed by atoms with Crippen molar-refractivity contribution in [3.63, 3.8) is 0 Å². The number of alkyl halides is 1. The molecule has 2 heterocycles. The van der Waals surface area contributed by atoms with E-state index >= 15 is 0 Å². The number of rotatable bonds is 3. The van der Waals surface area contributed by atoms with E-state index in [1.165, 1.54) is 24.8 Å². The van der Waals surface area contributed by atoms with E-state index in [4.69, 9.17) is 11.6 Å². The fourth-order valence-electron chi connectivity index (χ4n) is 2.32. The molecule has 88 valence electrons. The van der Waals surface area contributed by atoms with Crippen LogP contribution in [0.2, 0.25) is 0 Å². The molecule has 1 aromatic heterocycles. The van der Waals surface area contributed by atoms with E-state index < -0.39 is 0 Å². The van der Waals surface area contributed by atoms with Crippen LogP contribution in [0.3, 0.4) is 0 Å². The minimum absolute atomic E-state index is 0.544. The summed E-state index contributed by atoms with van der Waals surface area (Å²) in [6.45, 7) is 3.14. The summed E-state index contributed by atoms with van der Waals surface area (Å²) in [5.41, 5.74) is 1.17. The Hall–Kier alpha value is -0.830. The van der Waals surface area contributed by atoms with Gasteiger partial charge in [-0.15, -0.1) is 16.7 Å². The van der Waals surface area contributed by atoms with Gasteiger partial charge in [-0.2, -0.15) is 5.10 Å². The first-order valence-electron chi connectivity index (χ1n) is 5.93. The number of halogens is 1. The van der Waals surface area contributed by atoms with Gasteiger partial charge in [0.1, 0.15) is 0 Å². The molecule has 0 aromatic carbocycles. The number of anilines is 1. The van der Waals surface area contributed by atoms with E-state index in [-0.39, 0.29) is 0 Å². The zero-order valence-corrected chi connectivity index (χ0v) is 10.5. The number of aromatic nitrogens is 2. The molecule has 0 N–H and O–H groups in total. The summed E-state index contributed by atoms with van der Waals surface area (Å²) in [5.74, 6) is 1.73. The van der Waals surface area contributed by atoms with E-state index in [1.54, 1.807) is 6.20 Å². The third kappa shape index (κ3) is 2.64. The van der Waals surface area contributed by atoms with Gasteiger partial charge in [0.2, 0.25) is 0 Å². The highest BCUT2D eigenvalue weighted by atomic mass is 35.5. The van der Waals surface area contributed by atoms with Crippen molar-refractivity contribution in [3.8, 4) is 0 Å². The summed E-state index contributed by atoms with van der Waals surface area (Å²) in [6.07, 6.45) is 6.61. The SMILES string of the molecule is Cc1cnnc(N2CCCCC2CCCl)c1. The van der Waals surface area contributed by atoms with Gasteiger partial charge in [0.15, 0.2) is 5.82 Å². The average Bonchev–Trinajstić information content (AvgIpc) is 2.30. The molecule has 1 unspecified atom stereocenters. The number of hydrogen-bond donors (Lipinski definition) is 0. The van der Waals surface area contributed by atoms with Crippen molar-refractivity contribution in [2.45, 2.75) is 38.6 Å². The van der Waals surface area contributed by atoms with Crippen LogP contribution in [0, 0.1) is 6.92 Å². The van der Waals surface area contributed by atoms with Gasteiger partial charge in [-0.1, -0.05) is 0 Å². The van der Waals surface area contributed by atoms with Crippen LogP contribution in [0.15, 0.2) is 12.3 Å². The summed E-state index contributed by atoms with van der Waals surface area (Å²) in [7, 11) is 0. The summed E-state index contributed by atoms with van der Waals surface area (Å²) < 4.78 is 0. The number of nitrogens with zero attached hydrogens (tertiary/aromatic N) is 3. The van der Waals surface area contributed by atoms with E-state index in [1.807, 2.05) is 0 Å². The van der Waals surface area contributed by atoms with E-state index in [0.29, 0.717) is 6.04 Å². The highest BCUT2D eigenvalue weighted by Crippen LogP contribution is 2.25. The zero-order chi connectivity index (χ0) is 11.4. The van der Waals surface area contributed by atoms with Gasteiger partial charge >= 0.3 is 0 Å². The van der Waals surface area contributed by atoms with Crippen molar-refractivity contribution in [1.82, 2.24) is 10.2 Å². The second kappa shape index (κ2) is 5.48. The van der Waals surface area contributed by atoms with Gasteiger partial charge in [-0.3, -0.25) is 0 Å². The lowest BCUT2D eigenvalue weighted by atomic mass is 10.00. The molecule has 4 heteroatoms. The number of aryl methyl sites for hydroxylation is 1. The molecule has 1 aromatic rings. The Balaban J connectivity index is 2.16. The van der Waals surface area contributed by atoms with Crippen LogP contribution < -0.4 is 4.90 Å². The Bertz CT molecular complexity index is 341. The van der Waals surface area contributed by atoms with Crippen LogP contribution in [0.1, 0.15) is 31.2 Å². The molecule has 2 rings (SSSR count). The van der Waals surface area contributed by atoms with Crippen molar-refractivity contribution >= 4 is 17.4 Å². The Morgan fingerprint density at radius 3 is 3.12 bits per heavy atom. The molecule has 3 nitrogen and oxygen atoms in total. The zero-order valence-electron chi connectivity index (χ0n) is 9.69. The van der Waals surface area contributed by atoms with Gasteiger partial charge in [-0.05, 0) is 44.2 Å². The van der Waals surface area contributed by atoms with E-state index in [0.717, 1.165) is 24.7 Å². The second-order valence-corrected chi connectivity index (χ2v) is 4.79. The Labute approximate surface area is 102 Å². The average molecular weight is 240 g/mol. The van der Waals surface area contributed by atoms with Crippen molar-refractivity contribution in [2.24, 2.45) is 0 Å². The molecule has 0 aliphatic carbocycles. The molecule has 0 spiro atoms. The maximum Gasteiger partial charge on any atom is 0.151 e. The number of hydrogen-bond acceptors (Lipinski definition) is 3. The molecule has 1 saturated heterocycles. The normalized spacial score (nSPS) is 21.1. The highest BCUT2D eigenvalue weighted by molar-refractivity contribution is 6.17. The highest BCUT2D eigenvalue weighted by Gasteiger charge is 2.23. The first kappa shape index (κ1) is 11.6. The molecule has 1 aliphatic heterocycles. The molecule has 0 radical (unpaired) electrons. The molecular weight excluding hydrogens is 222 g/mol. The van der Waals surface area contributed by atoms with Crippen LogP contribution in [-0.2, 0) is 0 Å². The number of piperidine rings is 1. The fourth-order valence-corrected chi connectivity index (χ4v) is 2.57. The predicted molar refractivity (Wildman–Crippen MR) is 67.1 cm³/mol. The van der Waals surface area contributed by atoms with Gasteiger partial charge in [0.25, 0.3) is 0 Å². The molecule has 1 fully saturated rings. The minimum Gasteiger partial charge on any atom is -0.352 e. The maximum atomic E-state index is 5.86. The monoisotopic (exact) mass is 239 g/mol. The smallest absolute Gasteiger partial charge is 0.151 e. The van der Waals surface area contributed by atoms with Crippen molar-refractivity contribution in [3.05, 3.63) is 17.8 Å². The fraction of sp³-hybridized carbons (Fsp3) is 0.667. The Morgan fingerprint density at radius 1 is 1.50 bits per heavy atom. The molecule has 16 heavy (non-hydrogen) atoms. The van der Waals surface area contributed by atoms with Crippen LogP contribution in [-0.4, -0.2) is 28.7 Å². The summed E-state index contributed by atoms with van der Waals surface area (Å²) in [5, 5.41) is 8.26. The summed E-state index contributed by atoms with van der Waals surface area (Å²) in [6, 6.07) is 2.65. The molecule has 0 amide bonds. The van der Waals surface area contributed by atoms with Gasteiger partial charge < -0.3 is 4.90 Å². The van der Waals surface area contributed by atoms with Crippen molar-refractivity contribution in [2.75, 3.05) is 17.3 Å². The Morgan fingerprint density at radius 2 is 2.38 bits per heavy atom. The molecule has 0 bridgehead atoms. The third-order valence-electron chi connectivity index (χ3n) is 3.14. The predicted octanol–water partition coefficient (Wildman–Crippen LogP) is 2.77. The van der Waals surface area contributed by atoms with Gasteiger partial charge in [0.05, 0.1) is 6.20 Å². The lowest BCUT2D eigenvalue weighted by Crippen LogP contribution is -2.40. The van der Waals surface area contributed by atoms with Crippen molar-refractivity contribution in [1.29, 1.82) is 0 Å². The second-order valence-electron chi connectivity index (χ2n) is 4.41. The first-order chi connectivity index (χ1) is 7.81. The molecule has 0 saturated carbocycles. The van der Waals surface area contributed by atoms with E-state index in [2.05, 4.69) is 28.1 Å². The lowest BCUT2D eigenvalue weighted by molar-refractivity contribution is 0.447. The quantitative estimate of drug-likeness (QED) is 0.760.